The molecule has 0 radical (unpaired) electrons. The predicted octanol–water partition coefficient (Wildman–Crippen LogP) is 0.520. The van der Waals surface area contributed by atoms with Gasteiger partial charge in [-0.05, 0) is 25.8 Å². The number of rotatable bonds is 5. The number of likely N-dealkylation sites (N-methyl/N-ethyl adjacent to an activating group) is 1. The maximum absolute atomic E-state index is 10.5. The fourth-order valence-corrected chi connectivity index (χ4v) is 2.12. The van der Waals surface area contributed by atoms with Crippen LogP contribution < -0.4 is 5.73 Å². The van der Waals surface area contributed by atoms with Gasteiger partial charge >= 0.3 is 5.97 Å². The second-order valence-electron chi connectivity index (χ2n) is 4.32. The molecule has 0 saturated heterocycles. The number of carbonyl (C=O) groups is 1. The fraction of sp³-hybridized carbons (Fsp3) is 0.900. The molecule has 4 heteroatoms. The zero-order valence-electron chi connectivity index (χ0n) is 8.78. The topological polar surface area (TPSA) is 66.6 Å². The van der Waals surface area contributed by atoms with Crippen LogP contribution in [-0.2, 0) is 4.79 Å². The third-order valence-electron chi connectivity index (χ3n) is 2.87. The minimum atomic E-state index is -0.914. The molecular weight excluding hydrogens is 180 g/mol. The van der Waals surface area contributed by atoms with Crippen LogP contribution in [0.3, 0.4) is 0 Å². The van der Waals surface area contributed by atoms with Crippen molar-refractivity contribution in [2.45, 2.75) is 31.7 Å². The van der Waals surface area contributed by atoms with E-state index in [9.17, 15) is 4.79 Å². The summed E-state index contributed by atoms with van der Waals surface area (Å²) in [5, 5.41) is 8.64. The van der Waals surface area contributed by atoms with Crippen LogP contribution in [0.5, 0.6) is 0 Å². The van der Waals surface area contributed by atoms with Crippen molar-refractivity contribution in [1.29, 1.82) is 0 Å². The minimum Gasteiger partial charge on any atom is -0.480 e. The highest BCUT2D eigenvalue weighted by Crippen LogP contribution is 2.24. The molecule has 1 saturated carbocycles. The molecule has 4 nitrogen and oxygen atoms in total. The molecule has 1 aliphatic rings. The molecule has 0 aromatic carbocycles. The normalized spacial score (nSPS) is 20.2. The van der Waals surface area contributed by atoms with E-state index in [1.807, 2.05) is 11.9 Å². The molecule has 0 aliphatic heterocycles. The highest BCUT2D eigenvalue weighted by molar-refractivity contribution is 5.73. The molecule has 0 aromatic heterocycles. The lowest BCUT2D eigenvalue weighted by atomic mass is 10.1. The summed E-state index contributed by atoms with van der Waals surface area (Å²) in [6.45, 7) is 1.44. The van der Waals surface area contributed by atoms with Crippen LogP contribution in [0.25, 0.3) is 0 Å². The predicted molar refractivity (Wildman–Crippen MR) is 55.1 cm³/mol. The highest BCUT2D eigenvalue weighted by Gasteiger charge is 2.19. The molecule has 1 unspecified atom stereocenters. The number of aliphatic carboxylic acids is 1. The first-order valence-electron chi connectivity index (χ1n) is 5.26. The van der Waals surface area contributed by atoms with Crippen molar-refractivity contribution in [2.75, 3.05) is 20.1 Å². The van der Waals surface area contributed by atoms with E-state index < -0.39 is 12.0 Å². The maximum atomic E-state index is 10.5. The van der Waals surface area contributed by atoms with Gasteiger partial charge in [-0.3, -0.25) is 4.79 Å². The van der Waals surface area contributed by atoms with Gasteiger partial charge in [0, 0.05) is 13.1 Å². The van der Waals surface area contributed by atoms with Gasteiger partial charge in [0.1, 0.15) is 6.04 Å². The summed E-state index contributed by atoms with van der Waals surface area (Å²) in [5.74, 6) is -0.163. The number of nitrogens with zero attached hydrogens (tertiary/aromatic N) is 1. The van der Waals surface area contributed by atoms with Gasteiger partial charge < -0.3 is 15.7 Å². The summed E-state index contributed by atoms with van der Waals surface area (Å²) in [6, 6.07) is -0.749. The molecule has 82 valence electrons. The lowest BCUT2D eigenvalue weighted by Gasteiger charge is -2.22. The number of hydrogen-bond donors (Lipinski definition) is 2. The first-order valence-corrected chi connectivity index (χ1v) is 5.26. The highest BCUT2D eigenvalue weighted by atomic mass is 16.4. The van der Waals surface area contributed by atoms with E-state index in [1.54, 1.807) is 0 Å². The second kappa shape index (κ2) is 5.32. The van der Waals surface area contributed by atoms with E-state index >= 15 is 0 Å². The summed E-state index contributed by atoms with van der Waals surface area (Å²) in [5.41, 5.74) is 5.45. The molecule has 0 aromatic rings. The number of hydrogen-bond acceptors (Lipinski definition) is 3. The van der Waals surface area contributed by atoms with Gasteiger partial charge in [0.05, 0.1) is 0 Å². The number of nitrogens with two attached hydrogens (primary N) is 1. The maximum Gasteiger partial charge on any atom is 0.321 e. The lowest BCUT2D eigenvalue weighted by molar-refractivity contribution is -0.138. The molecule has 1 atom stereocenters. The number of carboxylic acid groups (broad SMARTS) is 1. The Morgan fingerprint density at radius 1 is 1.57 bits per heavy atom. The van der Waals surface area contributed by atoms with Crippen LogP contribution >= 0.6 is 0 Å². The Labute approximate surface area is 85.1 Å². The Bertz CT molecular complexity index is 191. The van der Waals surface area contributed by atoms with Crippen LogP contribution in [0.1, 0.15) is 25.7 Å². The first-order chi connectivity index (χ1) is 6.59. The van der Waals surface area contributed by atoms with E-state index in [1.165, 1.54) is 25.7 Å². The average molecular weight is 200 g/mol. The molecule has 1 fully saturated rings. The van der Waals surface area contributed by atoms with Crippen molar-refractivity contribution < 1.29 is 9.90 Å². The average Bonchev–Trinajstić information content (AvgIpc) is 2.56. The Kier molecular flexibility index (Phi) is 4.35. The fourth-order valence-electron chi connectivity index (χ4n) is 2.12. The molecular formula is C10H20N2O2. The van der Waals surface area contributed by atoms with Crippen LogP contribution in [0.15, 0.2) is 0 Å². The van der Waals surface area contributed by atoms with E-state index in [0.29, 0.717) is 6.54 Å². The zero-order valence-corrected chi connectivity index (χ0v) is 8.78. The third-order valence-corrected chi connectivity index (χ3v) is 2.87. The smallest absolute Gasteiger partial charge is 0.321 e. The van der Waals surface area contributed by atoms with Crippen LogP contribution in [0.4, 0.5) is 0 Å². The summed E-state index contributed by atoms with van der Waals surface area (Å²) < 4.78 is 0. The van der Waals surface area contributed by atoms with E-state index in [2.05, 4.69) is 0 Å². The Balaban J connectivity index is 2.20. The van der Waals surface area contributed by atoms with Crippen molar-refractivity contribution in [3.05, 3.63) is 0 Å². The SMILES string of the molecule is CN(CC1CCCC1)CC(N)C(=O)O. The van der Waals surface area contributed by atoms with Gasteiger partial charge in [-0.2, -0.15) is 0 Å². The van der Waals surface area contributed by atoms with Crippen LogP contribution in [0.2, 0.25) is 0 Å². The standard InChI is InChI=1S/C10H20N2O2/c1-12(7-9(11)10(13)14)6-8-4-2-3-5-8/h8-9H,2-7,11H2,1H3,(H,13,14). The second-order valence-corrected chi connectivity index (χ2v) is 4.32. The largest absolute Gasteiger partial charge is 0.480 e. The third kappa shape index (κ3) is 3.64. The van der Waals surface area contributed by atoms with E-state index in [4.69, 9.17) is 10.8 Å². The minimum absolute atomic E-state index is 0.450. The molecule has 0 heterocycles. The van der Waals surface area contributed by atoms with Crippen molar-refractivity contribution in [2.24, 2.45) is 11.7 Å². The molecule has 14 heavy (non-hydrogen) atoms. The van der Waals surface area contributed by atoms with Gasteiger partial charge in [-0.1, -0.05) is 12.8 Å². The van der Waals surface area contributed by atoms with Crippen LogP contribution in [0, 0.1) is 5.92 Å². The zero-order chi connectivity index (χ0) is 10.6. The lowest BCUT2D eigenvalue weighted by Crippen LogP contribution is -2.42. The van der Waals surface area contributed by atoms with E-state index in [0.717, 1.165) is 12.5 Å². The molecule has 1 aliphatic carbocycles. The van der Waals surface area contributed by atoms with E-state index in [-0.39, 0.29) is 0 Å². The molecule has 3 N–H and O–H groups in total. The van der Waals surface area contributed by atoms with Crippen molar-refractivity contribution in [3.8, 4) is 0 Å². The summed E-state index contributed by atoms with van der Waals surface area (Å²) in [6.07, 6.45) is 5.21. The van der Waals surface area contributed by atoms with Crippen LogP contribution in [-0.4, -0.2) is 42.2 Å². The van der Waals surface area contributed by atoms with Gasteiger partial charge in [-0.15, -0.1) is 0 Å². The first kappa shape index (κ1) is 11.5. The van der Waals surface area contributed by atoms with Crippen molar-refractivity contribution in [3.63, 3.8) is 0 Å². The van der Waals surface area contributed by atoms with Gasteiger partial charge in [-0.25, -0.2) is 0 Å². The molecule has 0 spiro atoms. The van der Waals surface area contributed by atoms with Gasteiger partial charge in [0.25, 0.3) is 0 Å². The molecule has 0 amide bonds. The summed E-state index contributed by atoms with van der Waals surface area (Å²) in [7, 11) is 1.95. The Hall–Kier alpha value is -0.610. The number of carboxylic acids is 1. The monoisotopic (exact) mass is 200 g/mol. The van der Waals surface area contributed by atoms with Gasteiger partial charge in [0.2, 0.25) is 0 Å². The van der Waals surface area contributed by atoms with Gasteiger partial charge in [0.15, 0.2) is 0 Å². The summed E-state index contributed by atoms with van der Waals surface area (Å²) >= 11 is 0. The summed E-state index contributed by atoms with van der Waals surface area (Å²) in [4.78, 5) is 12.6. The molecule has 1 rings (SSSR count). The quantitative estimate of drug-likeness (QED) is 0.679. The molecule has 0 bridgehead atoms. The van der Waals surface area contributed by atoms with Crippen molar-refractivity contribution >= 4 is 5.97 Å². The Morgan fingerprint density at radius 2 is 2.14 bits per heavy atom. The Morgan fingerprint density at radius 3 is 2.64 bits per heavy atom. The van der Waals surface area contributed by atoms with Crippen molar-refractivity contribution in [1.82, 2.24) is 4.90 Å².